The van der Waals surface area contributed by atoms with Gasteiger partial charge in [-0.15, -0.1) is 0 Å². The highest BCUT2D eigenvalue weighted by Gasteiger charge is 1.94. The minimum atomic E-state index is 1.16. The van der Waals surface area contributed by atoms with Gasteiger partial charge >= 0.3 is 0 Å². The highest BCUT2D eigenvalue weighted by molar-refractivity contribution is 4.79. The number of rotatable bonds is 6. The van der Waals surface area contributed by atoms with Crippen molar-refractivity contribution in [1.82, 2.24) is 9.80 Å². The molecule has 0 aromatic carbocycles. The Morgan fingerprint density at radius 2 is 1.42 bits per heavy atom. The van der Waals surface area contributed by atoms with Crippen molar-refractivity contribution < 1.29 is 0 Å². The molecule has 2 nitrogen and oxygen atoms in total. The Morgan fingerprint density at radius 1 is 0.917 bits per heavy atom. The van der Waals surface area contributed by atoms with Crippen molar-refractivity contribution in [2.45, 2.75) is 26.7 Å². The van der Waals surface area contributed by atoms with Crippen molar-refractivity contribution in [3.8, 4) is 0 Å². The minimum absolute atomic E-state index is 1.16. The molecular formula is C10H22N2. The second-order valence-electron chi connectivity index (χ2n) is 3.30. The molecule has 12 heavy (non-hydrogen) atoms. The van der Waals surface area contributed by atoms with Gasteiger partial charge in [-0.25, -0.2) is 0 Å². The summed E-state index contributed by atoms with van der Waals surface area (Å²) in [5, 5.41) is 0. The Bertz CT molecular complexity index is 113. The van der Waals surface area contributed by atoms with E-state index in [1.54, 1.807) is 0 Å². The maximum Gasteiger partial charge on any atom is 0.0170 e. The summed E-state index contributed by atoms with van der Waals surface area (Å²) in [6, 6.07) is 0. The monoisotopic (exact) mass is 170 g/mol. The molecule has 0 saturated heterocycles. The van der Waals surface area contributed by atoms with E-state index in [2.05, 4.69) is 36.0 Å². The van der Waals surface area contributed by atoms with Crippen LogP contribution in [0, 0.1) is 0 Å². The summed E-state index contributed by atoms with van der Waals surface area (Å²) in [6.45, 7) is 6.76. The number of nitrogens with zero attached hydrogens (tertiary/aromatic N) is 2. The molecule has 0 aliphatic rings. The topological polar surface area (TPSA) is 6.48 Å². The number of hydrogen-bond donors (Lipinski definition) is 0. The summed E-state index contributed by atoms with van der Waals surface area (Å²) in [5.74, 6) is 0. The Kier molecular flexibility index (Phi) is 6.63. The van der Waals surface area contributed by atoms with Crippen molar-refractivity contribution in [3.63, 3.8) is 0 Å². The molecule has 0 rings (SSSR count). The molecule has 0 spiro atoms. The van der Waals surface area contributed by atoms with Crippen molar-refractivity contribution in [2.24, 2.45) is 0 Å². The fraction of sp³-hybridized carbons (Fsp3) is 0.800. The highest BCUT2D eigenvalue weighted by atomic mass is 15.1. The maximum absolute atomic E-state index is 2.36. The molecule has 0 aliphatic carbocycles. The van der Waals surface area contributed by atoms with Crippen LogP contribution in [0.1, 0.15) is 26.7 Å². The lowest BCUT2D eigenvalue weighted by atomic mass is 10.4. The van der Waals surface area contributed by atoms with Crippen LogP contribution in [0.2, 0.25) is 0 Å². The lowest BCUT2D eigenvalue weighted by Gasteiger charge is -2.19. The maximum atomic E-state index is 2.36. The zero-order chi connectivity index (χ0) is 9.40. The molecule has 0 radical (unpaired) electrons. The quantitative estimate of drug-likeness (QED) is 0.602. The fourth-order valence-electron chi connectivity index (χ4n) is 1.06. The van der Waals surface area contributed by atoms with E-state index >= 15 is 0 Å². The van der Waals surface area contributed by atoms with Gasteiger partial charge in [-0.1, -0.05) is 13.8 Å². The Morgan fingerprint density at radius 3 is 1.75 bits per heavy atom. The van der Waals surface area contributed by atoms with E-state index in [-0.39, 0.29) is 0 Å². The van der Waals surface area contributed by atoms with Gasteiger partial charge in [0.25, 0.3) is 0 Å². The summed E-state index contributed by atoms with van der Waals surface area (Å²) in [7, 11) is 4.10. The predicted molar refractivity (Wildman–Crippen MR) is 55.0 cm³/mol. The average Bonchev–Trinajstić information content (AvgIpc) is 2.01. The van der Waals surface area contributed by atoms with Crippen LogP contribution in [0.15, 0.2) is 12.4 Å². The molecule has 0 atom stereocenters. The van der Waals surface area contributed by atoms with Gasteiger partial charge in [0, 0.05) is 39.6 Å². The first-order valence-electron chi connectivity index (χ1n) is 4.79. The lowest BCUT2D eigenvalue weighted by molar-refractivity contribution is 0.367. The molecule has 0 aliphatic heterocycles. The number of hydrogen-bond acceptors (Lipinski definition) is 2. The van der Waals surface area contributed by atoms with Crippen molar-refractivity contribution in [3.05, 3.63) is 12.4 Å². The zero-order valence-electron chi connectivity index (χ0n) is 8.88. The van der Waals surface area contributed by atoms with E-state index in [1.165, 1.54) is 12.8 Å². The first kappa shape index (κ1) is 11.3. The molecule has 0 heterocycles. The Labute approximate surface area is 76.9 Å². The minimum Gasteiger partial charge on any atom is -0.382 e. The van der Waals surface area contributed by atoms with Crippen molar-refractivity contribution >= 4 is 0 Å². The van der Waals surface area contributed by atoms with E-state index < -0.39 is 0 Å². The molecule has 0 aromatic heterocycles. The standard InChI is InChI=1S/C10H22N2/c1-5-7-12(8-6-2)10-9-11(3)4/h9-10H,5-8H2,1-4H3/b10-9+. The van der Waals surface area contributed by atoms with Crippen LogP contribution in [0.25, 0.3) is 0 Å². The third kappa shape index (κ3) is 6.08. The SMILES string of the molecule is CCCN(/C=C/N(C)C)CCC. The van der Waals surface area contributed by atoms with Gasteiger partial charge in [-0.05, 0) is 12.8 Å². The summed E-state index contributed by atoms with van der Waals surface area (Å²) < 4.78 is 0. The van der Waals surface area contributed by atoms with E-state index in [1.807, 2.05) is 14.1 Å². The van der Waals surface area contributed by atoms with Gasteiger partial charge in [0.2, 0.25) is 0 Å². The molecule has 0 fully saturated rings. The molecule has 0 amide bonds. The van der Waals surface area contributed by atoms with Crippen LogP contribution in [-0.2, 0) is 0 Å². The average molecular weight is 170 g/mol. The van der Waals surface area contributed by atoms with Gasteiger partial charge in [-0.3, -0.25) is 0 Å². The molecule has 0 unspecified atom stereocenters. The molecule has 72 valence electrons. The second kappa shape index (κ2) is 7.01. The lowest BCUT2D eigenvalue weighted by Crippen LogP contribution is -2.19. The fourth-order valence-corrected chi connectivity index (χ4v) is 1.06. The molecule has 0 aromatic rings. The molecule has 2 heteroatoms. The first-order valence-corrected chi connectivity index (χ1v) is 4.79. The highest BCUT2D eigenvalue weighted by Crippen LogP contribution is 1.95. The third-order valence-corrected chi connectivity index (χ3v) is 1.60. The van der Waals surface area contributed by atoms with Gasteiger partial charge in [0.05, 0.1) is 0 Å². The summed E-state index contributed by atoms with van der Waals surface area (Å²) in [5.41, 5.74) is 0. The second-order valence-corrected chi connectivity index (χ2v) is 3.30. The largest absolute Gasteiger partial charge is 0.382 e. The van der Waals surface area contributed by atoms with Crippen LogP contribution >= 0.6 is 0 Å². The Balaban J connectivity index is 3.76. The van der Waals surface area contributed by atoms with E-state index in [0.29, 0.717) is 0 Å². The first-order chi connectivity index (χ1) is 5.70. The zero-order valence-corrected chi connectivity index (χ0v) is 8.88. The van der Waals surface area contributed by atoms with Gasteiger partial charge in [0.15, 0.2) is 0 Å². The summed E-state index contributed by atoms with van der Waals surface area (Å²) in [4.78, 5) is 4.43. The van der Waals surface area contributed by atoms with Crippen molar-refractivity contribution in [1.29, 1.82) is 0 Å². The van der Waals surface area contributed by atoms with Gasteiger partial charge in [-0.2, -0.15) is 0 Å². The third-order valence-electron chi connectivity index (χ3n) is 1.60. The van der Waals surface area contributed by atoms with Crippen LogP contribution in [0.3, 0.4) is 0 Å². The molecule has 0 N–H and O–H groups in total. The van der Waals surface area contributed by atoms with Crippen molar-refractivity contribution in [2.75, 3.05) is 27.2 Å². The van der Waals surface area contributed by atoms with E-state index in [0.717, 1.165) is 13.1 Å². The van der Waals surface area contributed by atoms with E-state index in [4.69, 9.17) is 0 Å². The van der Waals surface area contributed by atoms with Gasteiger partial charge in [0.1, 0.15) is 0 Å². The normalized spacial score (nSPS) is 10.7. The van der Waals surface area contributed by atoms with Crippen LogP contribution < -0.4 is 0 Å². The van der Waals surface area contributed by atoms with E-state index in [9.17, 15) is 0 Å². The molecule has 0 saturated carbocycles. The Hall–Kier alpha value is -0.660. The predicted octanol–water partition coefficient (Wildman–Crippen LogP) is 2.14. The van der Waals surface area contributed by atoms with Gasteiger partial charge < -0.3 is 9.80 Å². The van der Waals surface area contributed by atoms with Crippen LogP contribution in [0.5, 0.6) is 0 Å². The summed E-state index contributed by atoms with van der Waals surface area (Å²) >= 11 is 0. The summed E-state index contributed by atoms with van der Waals surface area (Å²) in [6.07, 6.45) is 6.72. The molecule has 0 bridgehead atoms. The molecular weight excluding hydrogens is 148 g/mol. The smallest absolute Gasteiger partial charge is 0.0170 e. The van der Waals surface area contributed by atoms with Crippen LogP contribution in [0.4, 0.5) is 0 Å². The van der Waals surface area contributed by atoms with Crippen LogP contribution in [-0.4, -0.2) is 37.0 Å².